The van der Waals surface area contributed by atoms with Crippen LogP contribution in [0.5, 0.6) is 0 Å². The molecule has 1 atom stereocenters. The smallest absolute Gasteiger partial charge is 0.0535 e. The molecule has 0 radical (unpaired) electrons. The molecule has 1 aliphatic rings. The highest BCUT2D eigenvalue weighted by Gasteiger charge is 2.18. The number of hydrogen-bond acceptors (Lipinski definition) is 3. The van der Waals surface area contributed by atoms with Gasteiger partial charge in [0, 0.05) is 37.4 Å². The minimum atomic E-state index is 0.447. The molecule has 1 saturated heterocycles. The number of likely N-dealkylation sites (N-methyl/N-ethyl adjacent to an activating group) is 1. The molecule has 1 fully saturated rings. The first-order valence-corrected chi connectivity index (χ1v) is 4.27. The van der Waals surface area contributed by atoms with E-state index in [-0.39, 0.29) is 0 Å². The number of hydrogen-bond donors (Lipinski definition) is 2. The summed E-state index contributed by atoms with van der Waals surface area (Å²) in [6.07, 6.45) is 3.84. The molecule has 4 heteroatoms. The third-order valence-corrected chi connectivity index (χ3v) is 2.30. The summed E-state index contributed by atoms with van der Waals surface area (Å²) in [6, 6.07) is 0.447. The maximum Gasteiger partial charge on any atom is 0.0535 e. The van der Waals surface area contributed by atoms with Crippen LogP contribution in [0, 0.1) is 0 Å². The van der Waals surface area contributed by atoms with Crippen molar-refractivity contribution >= 4 is 0 Å². The molecule has 1 aliphatic heterocycles. The zero-order valence-corrected chi connectivity index (χ0v) is 7.25. The van der Waals surface area contributed by atoms with Crippen molar-refractivity contribution in [2.75, 3.05) is 26.7 Å². The number of nitrogens with zero attached hydrogens (tertiary/aromatic N) is 2. The predicted octanol–water partition coefficient (Wildman–Crippen LogP) is -0.0142. The standard InChI is InChI=1S/C8H14N4/c1-12-3-2-9-8(6-12)7-4-10-11-5-7/h4-5,8-9H,2-3,6H2,1H3,(H,10,11). The van der Waals surface area contributed by atoms with Crippen LogP contribution < -0.4 is 5.32 Å². The van der Waals surface area contributed by atoms with Gasteiger partial charge in [-0.25, -0.2) is 0 Å². The Kier molecular flexibility index (Phi) is 2.10. The Morgan fingerprint density at radius 3 is 3.25 bits per heavy atom. The zero-order chi connectivity index (χ0) is 8.39. The third-order valence-electron chi connectivity index (χ3n) is 2.30. The molecule has 0 saturated carbocycles. The van der Waals surface area contributed by atoms with Gasteiger partial charge in [0.1, 0.15) is 0 Å². The maximum absolute atomic E-state index is 3.94. The molecular formula is C8H14N4. The highest BCUT2D eigenvalue weighted by molar-refractivity contribution is 5.10. The first-order chi connectivity index (χ1) is 5.86. The van der Waals surface area contributed by atoms with E-state index in [1.807, 2.05) is 12.4 Å². The van der Waals surface area contributed by atoms with Crippen molar-refractivity contribution in [3.05, 3.63) is 18.0 Å². The Labute approximate surface area is 72.0 Å². The molecule has 4 nitrogen and oxygen atoms in total. The maximum atomic E-state index is 3.94. The number of aromatic amines is 1. The van der Waals surface area contributed by atoms with Gasteiger partial charge in [0.2, 0.25) is 0 Å². The first-order valence-electron chi connectivity index (χ1n) is 4.27. The number of piperazine rings is 1. The van der Waals surface area contributed by atoms with E-state index in [1.54, 1.807) is 0 Å². The van der Waals surface area contributed by atoms with Crippen LogP contribution >= 0.6 is 0 Å². The second kappa shape index (κ2) is 3.25. The molecule has 66 valence electrons. The molecule has 1 unspecified atom stereocenters. The van der Waals surface area contributed by atoms with Crippen molar-refractivity contribution in [1.82, 2.24) is 20.4 Å². The third kappa shape index (κ3) is 1.49. The van der Waals surface area contributed by atoms with Crippen molar-refractivity contribution in [3.8, 4) is 0 Å². The lowest BCUT2D eigenvalue weighted by atomic mass is 10.1. The van der Waals surface area contributed by atoms with E-state index in [1.165, 1.54) is 5.56 Å². The lowest BCUT2D eigenvalue weighted by molar-refractivity contribution is 0.241. The normalized spacial score (nSPS) is 25.9. The summed E-state index contributed by atoms with van der Waals surface area (Å²) in [5.41, 5.74) is 1.25. The quantitative estimate of drug-likeness (QED) is 0.616. The SMILES string of the molecule is CN1CCNC(c2cn[nH]c2)C1. The fraction of sp³-hybridized carbons (Fsp3) is 0.625. The van der Waals surface area contributed by atoms with Crippen LogP contribution in [0.15, 0.2) is 12.4 Å². The summed E-state index contributed by atoms with van der Waals surface area (Å²) in [4.78, 5) is 2.33. The Hall–Kier alpha value is -0.870. The number of aromatic nitrogens is 2. The van der Waals surface area contributed by atoms with Crippen molar-refractivity contribution in [2.45, 2.75) is 6.04 Å². The fourth-order valence-electron chi connectivity index (χ4n) is 1.57. The van der Waals surface area contributed by atoms with E-state index in [2.05, 4.69) is 27.5 Å². The van der Waals surface area contributed by atoms with Gasteiger partial charge in [0.25, 0.3) is 0 Å². The molecule has 0 aromatic carbocycles. The Morgan fingerprint density at radius 2 is 2.58 bits per heavy atom. The predicted molar refractivity (Wildman–Crippen MR) is 46.8 cm³/mol. The van der Waals surface area contributed by atoms with Crippen LogP contribution in [0.3, 0.4) is 0 Å². The van der Waals surface area contributed by atoms with Crippen LogP contribution in [0.1, 0.15) is 11.6 Å². The van der Waals surface area contributed by atoms with E-state index >= 15 is 0 Å². The Balaban J connectivity index is 2.04. The van der Waals surface area contributed by atoms with Gasteiger partial charge in [-0.2, -0.15) is 5.10 Å². The molecule has 2 N–H and O–H groups in total. The van der Waals surface area contributed by atoms with Crippen LogP contribution in [0.4, 0.5) is 0 Å². The van der Waals surface area contributed by atoms with E-state index in [9.17, 15) is 0 Å². The molecule has 0 amide bonds. The van der Waals surface area contributed by atoms with Gasteiger partial charge in [0.15, 0.2) is 0 Å². The van der Waals surface area contributed by atoms with Gasteiger partial charge in [0.05, 0.1) is 6.20 Å². The Morgan fingerprint density at radius 1 is 1.67 bits per heavy atom. The molecule has 12 heavy (non-hydrogen) atoms. The number of H-pyrrole nitrogens is 1. The van der Waals surface area contributed by atoms with E-state index in [0.717, 1.165) is 19.6 Å². The summed E-state index contributed by atoms with van der Waals surface area (Å²) < 4.78 is 0. The number of rotatable bonds is 1. The highest BCUT2D eigenvalue weighted by Crippen LogP contribution is 2.13. The summed E-state index contributed by atoms with van der Waals surface area (Å²) in [5, 5.41) is 10.2. The molecule has 0 bridgehead atoms. The molecular weight excluding hydrogens is 152 g/mol. The van der Waals surface area contributed by atoms with Gasteiger partial charge < -0.3 is 10.2 Å². The lowest BCUT2D eigenvalue weighted by Crippen LogP contribution is -2.43. The minimum Gasteiger partial charge on any atom is -0.307 e. The van der Waals surface area contributed by atoms with Crippen LogP contribution in [-0.2, 0) is 0 Å². The van der Waals surface area contributed by atoms with Gasteiger partial charge in [-0.3, -0.25) is 5.10 Å². The molecule has 0 spiro atoms. The van der Waals surface area contributed by atoms with Gasteiger partial charge in [-0.1, -0.05) is 0 Å². The zero-order valence-electron chi connectivity index (χ0n) is 7.25. The van der Waals surface area contributed by atoms with E-state index in [0.29, 0.717) is 6.04 Å². The largest absolute Gasteiger partial charge is 0.307 e. The molecule has 2 rings (SSSR count). The second-order valence-electron chi connectivity index (χ2n) is 3.30. The van der Waals surface area contributed by atoms with Crippen molar-refractivity contribution in [3.63, 3.8) is 0 Å². The average molecular weight is 166 g/mol. The summed E-state index contributed by atoms with van der Waals surface area (Å²) in [6.45, 7) is 3.26. The van der Waals surface area contributed by atoms with Gasteiger partial charge >= 0.3 is 0 Å². The topological polar surface area (TPSA) is 44.0 Å². The molecule has 1 aromatic heterocycles. The van der Waals surface area contributed by atoms with E-state index in [4.69, 9.17) is 0 Å². The van der Waals surface area contributed by atoms with Crippen LogP contribution in [-0.4, -0.2) is 41.8 Å². The molecule has 2 heterocycles. The lowest BCUT2D eigenvalue weighted by Gasteiger charge is -2.30. The van der Waals surface area contributed by atoms with Gasteiger partial charge in [-0.15, -0.1) is 0 Å². The highest BCUT2D eigenvalue weighted by atomic mass is 15.2. The molecule has 1 aromatic rings. The first kappa shape index (κ1) is 7.76. The van der Waals surface area contributed by atoms with Crippen LogP contribution in [0.2, 0.25) is 0 Å². The van der Waals surface area contributed by atoms with Crippen molar-refractivity contribution in [2.24, 2.45) is 0 Å². The summed E-state index contributed by atoms with van der Waals surface area (Å²) in [5.74, 6) is 0. The van der Waals surface area contributed by atoms with E-state index < -0.39 is 0 Å². The van der Waals surface area contributed by atoms with Crippen molar-refractivity contribution in [1.29, 1.82) is 0 Å². The fourth-order valence-corrected chi connectivity index (χ4v) is 1.57. The molecule has 0 aliphatic carbocycles. The summed E-state index contributed by atoms with van der Waals surface area (Å²) >= 11 is 0. The minimum absolute atomic E-state index is 0.447. The average Bonchev–Trinajstić information content (AvgIpc) is 2.56. The number of nitrogens with one attached hydrogen (secondary N) is 2. The van der Waals surface area contributed by atoms with Crippen molar-refractivity contribution < 1.29 is 0 Å². The van der Waals surface area contributed by atoms with Gasteiger partial charge in [-0.05, 0) is 7.05 Å². The second-order valence-corrected chi connectivity index (χ2v) is 3.30. The Bertz CT molecular complexity index is 231. The van der Waals surface area contributed by atoms with Crippen LogP contribution in [0.25, 0.3) is 0 Å². The monoisotopic (exact) mass is 166 g/mol. The summed E-state index contributed by atoms with van der Waals surface area (Å²) in [7, 11) is 2.15.